The molecule has 2 aromatic carbocycles. The fraction of sp³-hybridized carbons (Fsp3) is 0.419. The van der Waals surface area contributed by atoms with Crippen molar-refractivity contribution < 1.29 is 28.6 Å². The molecule has 0 saturated carbocycles. The zero-order valence-electron chi connectivity index (χ0n) is 24.2. The van der Waals surface area contributed by atoms with Gasteiger partial charge in [-0.2, -0.15) is 4.98 Å². The van der Waals surface area contributed by atoms with Gasteiger partial charge < -0.3 is 15.2 Å². The lowest BCUT2D eigenvalue weighted by molar-refractivity contribution is -0.121. The van der Waals surface area contributed by atoms with Gasteiger partial charge in [0, 0.05) is 12.0 Å². The summed E-state index contributed by atoms with van der Waals surface area (Å²) >= 11 is 1.07. The summed E-state index contributed by atoms with van der Waals surface area (Å²) in [7, 11) is 0. The Balaban J connectivity index is 1.92. The van der Waals surface area contributed by atoms with Crippen molar-refractivity contribution in [3.05, 3.63) is 70.8 Å². The van der Waals surface area contributed by atoms with Crippen LogP contribution < -0.4 is 10.1 Å². The second-order valence-electron chi connectivity index (χ2n) is 10.00. The number of carbonyl (C=O) groups excluding carboxylic acids is 2. The summed E-state index contributed by atoms with van der Waals surface area (Å²) in [4.78, 5) is 41.5. The highest BCUT2D eigenvalue weighted by molar-refractivity contribution is 8.14. The first-order valence-electron chi connectivity index (χ1n) is 13.9. The number of hydrogen-bond acceptors (Lipinski definition) is 6. The van der Waals surface area contributed by atoms with Crippen LogP contribution in [0.1, 0.15) is 74.8 Å². The minimum atomic E-state index is -1.09. The highest BCUT2D eigenvalue weighted by Crippen LogP contribution is 2.28. The number of halogens is 1. The van der Waals surface area contributed by atoms with Crippen LogP contribution in [0.25, 0.3) is 11.1 Å². The average Bonchev–Trinajstić information content (AvgIpc) is 3.27. The second-order valence-corrected chi connectivity index (χ2v) is 11.3. The van der Waals surface area contributed by atoms with Crippen molar-refractivity contribution in [2.45, 2.75) is 72.2 Å². The van der Waals surface area contributed by atoms with Gasteiger partial charge in [-0.3, -0.25) is 14.2 Å². The molecular weight excluding hydrogens is 545 g/mol. The molecule has 10 heteroatoms. The standard InChI is InChI=1S/C31H38FN3O5S/c1-6-25-26(17-33-29(37)27(15-19(4)5)41-28(36)7-2)35(31(34-25)40-8-3)18-21-14-13-20(16-24(21)32)22-11-9-10-12-23(22)30(38)39/h9-14,16,19,27H,6-8,15,17-18H2,1-5H3,(H,33,37)(H,38,39). The lowest BCUT2D eigenvalue weighted by atomic mass is 9.98. The van der Waals surface area contributed by atoms with Gasteiger partial charge in [0.1, 0.15) is 5.82 Å². The number of carboxylic acids is 1. The lowest BCUT2D eigenvalue weighted by Gasteiger charge is -2.19. The summed E-state index contributed by atoms with van der Waals surface area (Å²) in [5.41, 5.74) is 2.75. The van der Waals surface area contributed by atoms with E-state index in [9.17, 15) is 19.5 Å². The first-order chi connectivity index (χ1) is 19.6. The third-order valence-corrected chi connectivity index (χ3v) is 7.79. The third kappa shape index (κ3) is 8.19. The number of ether oxygens (including phenoxy) is 1. The zero-order chi connectivity index (χ0) is 30.1. The molecule has 220 valence electrons. The van der Waals surface area contributed by atoms with Gasteiger partial charge in [-0.15, -0.1) is 0 Å². The zero-order valence-corrected chi connectivity index (χ0v) is 25.0. The molecule has 0 spiro atoms. The molecule has 2 N–H and O–H groups in total. The maximum atomic E-state index is 15.5. The number of benzene rings is 2. The van der Waals surface area contributed by atoms with E-state index in [-0.39, 0.29) is 35.6 Å². The van der Waals surface area contributed by atoms with E-state index in [0.717, 1.165) is 17.5 Å². The van der Waals surface area contributed by atoms with E-state index >= 15 is 4.39 Å². The highest BCUT2D eigenvalue weighted by atomic mass is 32.2. The van der Waals surface area contributed by atoms with E-state index in [1.54, 1.807) is 41.8 Å². The number of imidazole rings is 1. The quantitative estimate of drug-likeness (QED) is 0.236. The van der Waals surface area contributed by atoms with Gasteiger partial charge in [-0.25, -0.2) is 9.18 Å². The van der Waals surface area contributed by atoms with Gasteiger partial charge in [-0.1, -0.05) is 69.8 Å². The molecular formula is C31H38FN3O5S. The topological polar surface area (TPSA) is 111 Å². The molecule has 0 aliphatic rings. The fourth-order valence-electron chi connectivity index (χ4n) is 4.49. The summed E-state index contributed by atoms with van der Waals surface area (Å²) in [6.07, 6.45) is 1.49. The van der Waals surface area contributed by atoms with Crippen molar-refractivity contribution in [3.8, 4) is 17.1 Å². The predicted octanol–water partition coefficient (Wildman–Crippen LogP) is 6.10. The molecule has 1 aromatic heterocycles. The molecule has 0 fully saturated rings. The van der Waals surface area contributed by atoms with E-state index in [4.69, 9.17) is 4.74 Å². The van der Waals surface area contributed by atoms with Crippen LogP contribution in [0.4, 0.5) is 4.39 Å². The van der Waals surface area contributed by atoms with Gasteiger partial charge in [-0.05, 0) is 48.9 Å². The Kier molecular flexibility index (Phi) is 11.5. The number of aromatic carboxylic acids is 1. The van der Waals surface area contributed by atoms with Crippen molar-refractivity contribution >= 4 is 28.8 Å². The molecule has 0 saturated heterocycles. The van der Waals surface area contributed by atoms with Crippen molar-refractivity contribution in [1.82, 2.24) is 14.9 Å². The molecule has 1 heterocycles. The van der Waals surface area contributed by atoms with Crippen molar-refractivity contribution in [3.63, 3.8) is 0 Å². The molecule has 0 aliphatic heterocycles. The van der Waals surface area contributed by atoms with E-state index in [0.29, 0.717) is 54.3 Å². The normalized spacial score (nSPS) is 11.9. The van der Waals surface area contributed by atoms with Gasteiger partial charge in [0.05, 0.1) is 41.9 Å². The monoisotopic (exact) mass is 583 g/mol. The van der Waals surface area contributed by atoms with Gasteiger partial charge in [0.2, 0.25) is 5.91 Å². The molecule has 41 heavy (non-hydrogen) atoms. The van der Waals surface area contributed by atoms with E-state index in [2.05, 4.69) is 10.3 Å². The van der Waals surface area contributed by atoms with Gasteiger partial charge in [0.25, 0.3) is 6.01 Å². The van der Waals surface area contributed by atoms with E-state index < -0.39 is 17.0 Å². The molecule has 1 unspecified atom stereocenters. The van der Waals surface area contributed by atoms with Crippen molar-refractivity contribution in [2.24, 2.45) is 5.92 Å². The molecule has 1 amide bonds. The lowest BCUT2D eigenvalue weighted by Crippen LogP contribution is -2.34. The van der Waals surface area contributed by atoms with Crippen LogP contribution in [-0.4, -0.2) is 43.5 Å². The number of aryl methyl sites for hydroxylation is 1. The predicted molar refractivity (Wildman–Crippen MR) is 159 cm³/mol. The molecule has 0 bridgehead atoms. The summed E-state index contributed by atoms with van der Waals surface area (Å²) in [5, 5.41) is 12.0. The van der Waals surface area contributed by atoms with E-state index in [1.807, 2.05) is 27.7 Å². The van der Waals surface area contributed by atoms with Crippen LogP contribution in [0.2, 0.25) is 0 Å². The first kappa shape index (κ1) is 31.9. The summed E-state index contributed by atoms with van der Waals surface area (Å²) < 4.78 is 23.0. The Bertz CT molecular complexity index is 1390. The fourth-order valence-corrected chi connectivity index (χ4v) is 5.65. The Morgan fingerprint density at radius 1 is 1.12 bits per heavy atom. The van der Waals surface area contributed by atoms with Crippen LogP contribution in [0, 0.1) is 11.7 Å². The van der Waals surface area contributed by atoms with E-state index in [1.165, 1.54) is 12.1 Å². The molecule has 3 aromatic rings. The number of rotatable bonds is 14. The summed E-state index contributed by atoms with van der Waals surface area (Å²) in [5.74, 6) is -1.58. The SMILES string of the molecule is CCOc1nc(CC)c(CNC(=O)C(CC(C)C)SC(=O)CC)n1Cc1ccc(-c2ccccc2C(=O)O)cc1F. The Hall–Kier alpha value is -3.66. The minimum Gasteiger partial charge on any atom is -0.478 e. The maximum absolute atomic E-state index is 15.5. The average molecular weight is 584 g/mol. The number of nitrogens with zero attached hydrogens (tertiary/aromatic N) is 2. The highest BCUT2D eigenvalue weighted by Gasteiger charge is 2.25. The molecule has 8 nitrogen and oxygen atoms in total. The molecule has 0 radical (unpaired) electrons. The largest absolute Gasteiger partial charge is 0.478 e. The Morgan fingerprint density at radius 2 is 1.85 bits per heavy atom. The summed E-state index contributed by atoms with van der Waals surface area (Å²) in [6.45, 7) is 10.2. The number of nitrogens with one attached hydrogen (secondary N) is 1. The first-order valence-corrected chi connectivity index (χ1v) is 14.8. The third-order valence-electron chi connectivity index (χ3n) is 6.55. The minimum absolute atomic E-state index is 0.0337. The Labute approximate surface area is 244 Å². The summed E-state index contributed by atoms with van der Waals surface area (Å²) in [6, 6.07) is 11.4. The van der Waals surface area contributed by atoms with Crippen molar-refractivity contribution in [1.29, 1.82) is 0 Å². The van der Waals surface area contributed by atoms with Crippen LogP contribution >= 0.6 is 11.8 Å². The molecule has 1 atom stereocenters. The second kappa shape index (κ2) is 14.8. The number of carbonyl (C=O) groups is 3. The van der Waals surface area contributed by atoms with Gasteiger partial charge in [0.15, 0.2) is 5.12 Å². The van der Waals surface area contributed by atoms with Gasteiger partial charge >= 0.3 is 5.97 Å². The van der Waals surface area contributed by atoms with Crippen LogP contribution in [0.15, 0.2) is 42.5 Å². The number of hydrogen-bond donors (Lipinski definition) is 2. The smallest absolute Gasteiger partial charge is 0.336 e. The molecule has 3 rings (SSSR count). The van der Waals surface area contributed by atoms with Crippen LogP contribution in [0.3, 0.4) is 0 Å². The van der Waals surface area contributed by atoms with Crippen molar-refractivity contribution in [2.75, 3.05) is 6.61 Å². The number of carboxylic acid groups (broad SMARTS) is 1. The van der Waals surface area contributed by atoms with Crippen LogP contribution in [0.5, 0.6) is 6.01 Å². The Morgan fingerprint density at radius 3 is 2.46 bits per heavy atom. The number of amides is 1. The van der Waals surface area contributed by atoms with Crippen LogP contribution in [-0.2, 0) is 29.1 Å². The molecule has 0 aliphatic carbocycles. The maximum Gasteiger partial charge on any atom is 0.336 e. The number of thioether (sulfide) groups is 1. The number of aromatic nitrogens is 2.